The second-order valence-corrected chi connectivity index (χ2v) is 9.63. The first-order chi connectivity index (χ1) is 17.6. The van der Waals surface area contributed by atoms with Crippen LogP contribution in [0.25, 0.3) is 0 Å². The van der Waals surface area contributed by atoms with Crippen molar-refractivity contribution in [2.24, 2.45) is 16.7 Å². The van der Waals surface area contributed by atoms with Gasteiger partial charge >= 0.3 is 12.1 Å². The van der Waals surface area contributed by atoms with Crippen LogP contribution in [0.2, 0.25) is 5.02 Å². The lowest BCUT2D eigenvalue weighted by Gasteiger charge is -2.22. The number of carbonyl (C=O) groups excluding carboxylic acids is 1. The maximum absolute atomic E-state index is 15.4. The topological polar surface area (TPSA) is 68.6 Å². The first-order valence-electron chi connectivity index (χ1n) is 11.5. The molecule has 0 heterocycles. The summed E-state index contributed by atoms with van der Waals surface area (Å²) in [6.45, 7) is 6.65. The van der Waals surface area contributed by atoms with Gasteiger partial charge in [0.05, 0.1) is 10.9 Å². The number of alkyl halides is 2. The predicted octanol–water partition coefficient (Wildman–Crippen LogP) is 7.74. The summed E-state index contributed by atoms with van der Waals surface area (Å²) in [7, 11) is 0. The van der Waals surface area contributed by atoms with E-state index in [1.807, 2.05) is 24.3 Å². The molecule has 0 saturated heterocycles. The van der Waals surface area contributed by atoms with Gasteiger partial charge in [0.1, 0.15) is 28.7 Å². The van der Waals surface area contributed by atoms with Crippen molar-refractivity contribution in [3.05, 3.63) is 102 Å². The van der Waals surface area contributed by atoms with Gasteiger partial charge in [-0.2, -0.15) is 14.0 Å². The van der Waals surface area contributed by atoms with E-state index in [0.29, 0.717) is 17.1 Å². The van der Waals surface area contributed by atoms with Crippen molar-refractivity contribution in [1.82, 2.24) is 0 Å². The van der Waals surface area contributed by atoms with E-state index >= 15 is 8.78 Å². The van der Waals surface area contributed by atoms with E-state index in [4.69, 9.17) is 25.8 Å². The summed E-state index contributed by atoms with van der Waals surface area (Å²) in [6.07, 6.45) is -4.00. The highest BCUT2D eigenvalue weighted by atomic mass is 35.5. The highest BCUT2D eigenvalue weighted by Crippen LogP contribution is 2.75. The molecule has 3 aromatic carbocycles. The van der Waals surface area contributed by atoms with Crippen LogP contribution in [0, 0.1) is 28.1 Å². The van der Waals surface area contributed by atoms with Crippen LogP contribution in [0.1, 0.15) is 25.5 Å². The van der Waals surface area contributed by atoms with E-state index in [0.717, 1.165) is 6.08 Å². The van der Waals surface area contributed by atoms with E-state index in [-0.39, 0.29) is 10.8 Å². The Morgan fingerprint density at radius 3 is 2.38 bits per heavy atom. The van der Waals surface area contributed by atoms with Crippen molar-refractivity contribution in [2.45, 2.75) is 26.1 Å². The SMILES string of the molecule is C=C[C@@]1(C(=O)OC(C#N)c2cccc(Oc3ccccc3)c2)[C@H](C(F)(F)Oc2ccccc2Cl)C1(C)C. The number of benzene rings is 3. The van der Waals surface area contributed by atoms with Gasteiger partial charge in [-0.3, -0.25) is 4.79 Å². The Labute approximate surface area is 218 Å². The average molecular weight is 524 g/mol. The summed E-state index contributed by atoms with van der Waals surface area (Å²) in [5.74, 6) is -1.82. The minimum absolute atomic E-state index is 0.00885. The Bertz CT molecular complexity index is 1360. The molecule has 3 aromatic rings. The molecule has 0 aromatic heterocycles. The monoisotopic (exact) mass is 523 g/mol. The minimum atomic E-state index is -3.78. The molecule has 0 amide bonds. The second kappa shape index (κ2) is 9.87. The molecule has 5 nitrogen and oxygen atoms in total. The first kappa shape index (κ1) is 26.2. The van der Waals surface area contributed by atoms with Gasteiger partial charge in [-0.15, -0.1) is 6.58 Å². The molecule has 0 bridgehead atoms. The molecule has 37 heavy (non-hydrogen) atoms. The average Bonchev–Trinajstić information content (AvgIpc) is 3.42. The standard InChI is InChI=1S/C29H24ClF2NO4/c1-4-28(25(27(28,2)3)29(31,32)37-23-16-9-8-15-22(23)30)26(34)36-24(18-33)19-11-10-14-21(17-19)35-20-12-6-5-7-13-20/h4-17,24-25H,1H2,2-3H3/t24?,25-,28+/m1/s1. The zero-order valence-corrected chi connectivity index (χ0v) is 20.9. The van der Waals surface area contributed by atoms with Gasteiger partial charge in [-0.25, -0.2) is 0 Å². The fourth-order valence-corrected chi connectivity index (χ4v) is 4.97. The normalized spacial score (nSPS) is 20.7. The van der Waals surface area contributed by atoms with Crippen LogP contribution in [0.5, 0.6) is 17.2 Å². The largest absolute Gasteiger partial charge is 0.457 e. The highest BCUT2D eigenvalue weighted by Gasteiger charge is 2.84. The van der Waals surface area contributed by atoms with Crippen LogP contribution < -0.4 is 9.47 Å². The predicted molar refractivity (Wildman–Crippen MR) is 134 cm³/mol. The molecule has 0 N–H and O–H groups in total. The molecule has 0 spiro atoms. The number of hydrogen-bond acceptors (Lipinski definition) is 5. The molecule has 3 atom stereocenters. The molecular formula is C29H24ClF2NO4. The van der Waals surface area contributed by atoms with Gasteiger partial charge in [0.15, 0.2) is 0 Å². The lowest BCUT2D eigenvalue weighted by atomic mass is 9.96. The van der Waals surface area contributed by atoms with Crippen LogP contribution in [0.3, 0.4) is 0 Å². The minimum Gasteiger partial charge on any atom is -0.457 e. The van der Waals surface area contributed by atoms with Crippen LogP contribution in [-0.2, 0) is 9.53 Å². The molecule has 1 saturated carbocycles. The van der Waals surface area contributed by atoms with Gasteiger partial charge in [0.2, 0.25) is 6.10 Å². The molecule has 4 rings (SSSR count). The third-order valence-electron chi connectivity index (χ3n) is 6.72. The van der Waals surface area contributed by atoms with Crippen molar-refractivity contribution >= 4 is 17.6 Å². The fraction of sp³-hybridized carbons (Fsp3) is 0.241. The number of halogens is 3. The Hall–Kier alpha value is -3.89. The molecule has 1 unspecified atom stereocenters. The van der Waals surface area contributed by atoms with Gasteiger partial charge < -0.3 is 14.2 Å². The molecule has 0 aliphatic heterocycles. The van der Waals surface area contributed by atoms with E-state index in [1.54, 1.807) is 42.5 Å². The number of nitriles is 1. The number of rotatable bonds is 9. The van der Waals surface area contributed by atoms with E-state index in [9.17, 15) is 10.1 Å². The number of hydrogen-bond donors (Lipinski definition) is 0. The molecule has 1 aliphatic carbocycles. The smallest absolute Gasteiger partial charge is 0.402 e. The zero-order valence-electron chi connectivity index (χ0n) is 20.2. The third-order valence-corrected chi connectivity index (χ3v) is 7.03. The van der Waals surface area contributed by atoms with Crippen molar-refractivity contribution in [3.8, 4) is 23.3 Å². The maximum Gasteiger partial charge on any atom is 0.402 e. The van der Waals surface area contributed by atoms with Crippen molar-refractivity contribution in [1.29, 1.82) is 5.26 Å². The van der Waals surface area contributed by atoms with Crippen molar-refractivity contribution < 1.29 is 27.8 Å². The molecule has 1 aliphatic rings. The van der Waals surface area contributed by atoms with E-state index in [1.165, 1.54) is 32.0 Å². The summed E-state index contributed by atoms with van der Waals surface area (Å²) < 4.78 is 47.1. The number of carbonyl (C=O) groups is 1. The van der Waals surface area contributed by atoms with Crippen LogP contribution >= 0.6 is 11.6 Å². The number of ether oxygens (including phenoxy) is 3. The van der Waals surface area contributed by atoms with Gasteiger partial charge in [-0.1, -0.05) is 74.0 Å². The summed E-state index contributed by atoms with van der Waals surface area (Å²) in [5, 5.41) is 9.78. The third kappa shape index (κ3) is 4.77. The summed E-state index contributed by atoms with van der Waals surface area (Å²) in [5.41, 5.74) is -2.75. The van der Waals surface area contributed by atoms with Crippen LogP contribution in [0.4, 0.5) is 8.78 Å². The number of nitrogens with zero attached hydrogens (tertiary/aromatic N) is 1. The molecule has 190 valence electrons. The van der Waals surface area contributed by atoms with Crippen molar-refractivity contribution in [3.63, 3.8) is 0 Å². The fourth-order valence-electron chi connectivity index (χ4n) is 4.80. The Morgan fingerprint density at radius 1 is 1.08 bits per heavy atom. The number of esters is 1. The Morgan fingerprint density at radius 2 is 1.73 bits per heavy atom. The van der Waals surface area contributed by atoms with Crippen LogP contribution in [-0.4, -0.2) is 12.1 Å². The second-order valence-electron chi connectivity index (χ2n) is 9.22. The van der Waals surface area contributed by atoms with Crippen LogP contribution in [0.15, 0.2) is 91.5 Å². The quantitative estimate of drug-likeness (QED) is 0.212. The molecule has 8 heteroatoms. The zero-order chi connectivity index (χ0) is 26.8. The van der Waals surface area contributed by atoms with E-state index in [2.05, 4.69) is 6.58 Å². The van der Waals surface area contributed by atoms with Gasteiger partial charge in [0.25, 0.3) is 0 Å². The molecule has 0 radical (unpaired) electrons. The first-order valence-corrected chi connectivity index (χ1v) is 11.8. The lowest BCUT2D eigenvalue weighted by Crippen LogP contribution is -2.33. The Kier molecular flexibility index (Phi) is 6.98. The van der Waals surface area contributed by atoms with Gasteiger partial charge in [-0.05, 0) is 41.8 Å². The van der Waals surface area contributed by atoms with Gasteiger partial charge in [0, 0.05) is 5.56 Å². The summed E-state index contributed by atoms with van der Waals surface area (Å²) in [6, 6.07) is 23.2. The molecule has 1 fully saturated rings. The summed E-state index contributed by atoms with van der Waals surface area (Å²) >= 11 is 6.00. The number of para-hydroxylation sites is 2. The highest BCUT2D eigenvalue weighted by molar-refractivity contribution is 6.32. The maximum atomic E-state index is 15.4. The summed E-state index contributed by atoms with van der Waals surface area (Å²) in [4.78, 5) is 13.4. The van der Waals surface area contributed by atoms with E-state index < -0.39 is 34.9 Å². The molecular weight excluding hydrogens is 500 g/mol. The van der Waals surface area contributed by atoms with Crippen molar-refractivity contribution in [2.75, 3.05) is 0 Å². The lowest BCUT2D eigenvalue weighted by molar-refractivity contribution is -0.205. The Balaban J connectivity index is 1.56.